The second-order valence-corrected chi connectivity index (χ2v) is 7.92. The van der Waals surface area contributed by atoms with Crippen LogP contribution in [-0.2, 0) is 26.8 Å². The van der Waals surface area contributed by atoms with E-state index in [1.807, 2.05) is 18.2 Å². The van der Waals surface area contributed by atoms with Crippen LogP contribution in [-0.4, -0.2) is 26.7 Å². The van der Waals surface area contributed by atoms with E-state index >= 15 is 0 Å². The molecule has 2 aromatic carbocycles. The molecule has 0 bridgehead atoms. The van der Waals surface area contributed by atoms with E-state index in [4.69, 9.17) is 4.74 Å². The van der Waals surface area contributed by atoms with Gasteiger partial charge in [-0.25, -0.2) is 12.8 Å². The van der Waals surface area contributed by atoms with E-state index in [-0.39, 0.29) is 17.0 Å². The van der Waals surface area contributed by atoms with E-state index in [1.54, 1.807) is 6.07 Å². The Morgan fingerprint density at radius 3 is 2.75 bits per heavy atom. The first-order valence-corrected chi connectivity index (χ1v) is 9.39. The van der Waals surface area contributed by atoms with Crippen LogP contribution in [0.1, 0.15) is 11.1 Å². The molecule has 0 spiro atoms. The molecule has 0 aromatic heterocycles. The van der Waals surface area contributed by atoms with Gasteiger partial charge in [0.2, 0.25) is 0 Å². The molecule has 5 nitrogen and oxygen atoms in total. The van der Waals surface area contributed by atoms with Crippen molar-refractivity contribution in [1.29, 1.82) is 0 Å². The van der Waals surface area contributed by atoms with Gasteiger partial charge >= 0.3 is 0 Å². The molecule has 1 heterocycles. The predicted octanol–water partition coefficient (Wildman–Crippen LogP) is 2.31. The number of benzene rings is 2. The molecule has 0 aliphatic carbocycles. The molecule has 0 fully saturated rings. The molecular weight excluding hydrogens is 333 g/mol. The number of anilines is 1. The van der Waals surface area contributed by atoms with Gasteiger partial charge in [0.15, 0.2) is 15.9 Å². The van der Waals surface area contributed by atoms with E-state index in [9.17, 15) is 17.6 Å². The van der Waals surface area contributed by atoms with Crippen LogP contribution in [0.2, 0.25) is 0 Å². The average Bonchev–Trinajstić information content (AvgIpc) is 2.92. The fourth-order valence-electron chi connectivity index (χ4n) is 2.63. The van der Waals surface area contributed by atoms with Crippen molar-refractivity contribution in [3.8, 4) is 5.75 Å². The number of hydrogen-bond donors (Lipinski definition) is 1. The van der Waals surface area contributed by atoms with Gasteiger partial charge in [-0.15, -0.1) is 0 Å². The van der Waals surface area contributed by atoms with Crippen molar-refractivity contribution < 1.29 is 22.3 Å². The Balaban J connectivity index is 1.78. The molecule has 24 heavy (non-hydrogen) atoms. The predicted molar refractivity (Wildman–Crippen MR) is 88.1 cm³/mol. The lowest BCUT2D eigenvalue weighted by Crippen LogP contribution is -2.31. The van der Waals surface area contributed by atoms with Gasteiger partial charge in [-0.3, -0.25) is 4.79 Å². The molecule has 126 valence electrons. The maximum Gasteiger partial charge on any atom is 0.265 e. The van der Waals surface area contributed by atoms with Crippen molar-refractivity contribution in [1.82, 2.24) is 0 Å². The third kappa shape index (κ3) is 3.73. The topological polar surface area (TPSA) is 72.5 Å². The molecular formula is C17H16FNO4S. The van der Waals surface area contributed by atoms with Gasteiger partial charge in [-0.1, -0.05) is 18.2 Å². The van der Waals surface area contributed by atoms with Crippen molar-refractivity contribution in [3.63, 3.8) is 0 Å². The number of amides is 1. The lowest BCUT2D eigenvalue weighted by atomic mass is 10.1. The fraction of sp³-hybridized carbons (Fsp3) is 0.235. The zero-order valence-corrected chi connectivity index (χ0v) is 13.8. The highest BCUT2D eigenvalue weighted by Crippen LogP contribution is 2.29. The lowest BCUT2D eigenvalue weighted by Gasteiger charge is -2.14. The quantitative estimate of drug-likeness (QED) is 0.919. The number of nitrogens with one attached hydrogen (secondary N) is 1. The summed E-state index contributed by atoms with van der Waals surface area (Å²) in [5.74, 6) is -0.650. The fourth-order valence-corrected chi connectivity index (χ4v) is 3.43. The third-order valence-electron chi connectivity index (χ3n) is 3.68. The Morgan fingerprint density at radius 2 is 2.04 bits per heavy atom. The summed E-state index contributed by atoms with van der Waals surface area (Å²) in [6.07, 6.45) is 0.795. The number of hydrogen-bond acceptors (Lipinski definition) is 4. The van der Waals surface area contributed by atoms with E-state index in [0.717, 1.165) is 17.9 Å². The average molecular weight is 349 g/mol. The summed E-state index contributed by atoms with van der Waals surface area (Å²) >= 11 is 0. The van der Waals surface area contributed by atoms with Gasteiger partial charge in [0.1, 0.15) is 11.6 Å². The number of halogens is 1. The van der Waals surface area contributed by atoms with Crippen LogP contribution in [0, 0.1) is 5.82 Å². The van der Waals surface area contributed by atoms with Crippen LogP contribution in [0.25, 0.3) is 0 Å². The highest BCUT2D eigenvalue weighted by atomic mass is 32.2. The van der Waals surface area contributed by atoms with Crippen LogP contribution >= 0.6 is 0 Å². The summed E-state index contributed by atoms with van der Waals surface area (Å²) in [5, 5.41) is 2.64. The summed E-state index contributed by atoms with van der Waals surface area (Å²) in [5.41, 5.74) is 1.42. The van der Waals surface area contributed by atoms with Gasteiger partial charge < -0.3 is 10.1 Å². The Bertz CT molecular complexity index is 870. The van der Waals surface area contributed by atoms with Crippen molar-refractivity contribution in [2.45, 2.75) is 18.3 Å². The number of ether oxygens (including phenoxy) is 1. The molecule has 0 saturated heterocycles. The highest BCUT2D eigenvalue weighted by Gasteiger charge is 2.29. The SMILES string of the molecule is CS(=O)(=O)Cc1cc(F)ccc1NC(=O)[C@@H]1Cc2ccccc2O1. The first kappa shape index (κ1) is 16.4. The summed E-state index contributed by atoms with van der Waals surface area (Å²) < 4.78 is 42.0. The molecule has 0 saturated carbocycles. The van der Waals surface area contributed by atoms with E-state index in [0.29, 0.717) is 12.2 Å². The van der Waals surface area contributed by atoms with E-state index in [2.05, 4.69) is 5.32 Å². The molecule has 2 aromatic rings. The number of para-hydroxylation sites is 1. The van der Waals surface area contributed by atoms with E-state index < -0.39 is 27.7 Å². The smallest absolute Gasteiger partial charge is 0.265 e. The molecule has 7 heteroatoms. The molecule has 0 unspecified atom stereocenters. The minimum atomic E-state index is -3.36. The number of fused-ring (bicyclic) bond motifs is 1. The molecule has 1 aliphatic heterocycles. The van der Waals surface area contributed by atoms with Crippen molar-refractivity contribution in [2.24, 2.45) is 0 Å². The van der Waals surface area contributed by atoms with Crippen LogP contribution in [0.15, 0.2) is 42.5 Å². The highest BCUT2D eigenvalue weighted by molar-refractivity contribution is 7.89. The van der Waals surface area contributed by atoms with Gasteiger partial charge in [-0.2, -0.15) is 0 Å². The molecule has 1 aliphatic rings. The minimum absolute atomic E-state index is 0.210. The van der Waals surface area contributed by atoms with Crippen molar-refractivity contribution in [2.75, 3.05) is 11.6 Å². The summed E-state index contributed by atoms with van der Waals surface area (Å²) in [4.78, 5) is 12.4. The van der Waals surface area contributed by atoms with Gasteiger partial charge in [0.25, 0.3) is 5.91 Å². The molecule has 1 atom stereocenters. The van der Waals surface area contributed by atoms with Crippen LogP contribution in [0.4, 0.5) is 10.1 Å². The Morgan fingerprint density at radius 1 is 1.29 bits per heavy atom. The molecule has 1 amide bonds. The van der Waals surface area contributed by atoms with Crippen molar-refractivity contribution in [3.05, 3.63) is 59.4 Å². The second kappa shape index (κ2) is 6.24. The number of sulfone groups is 1. The number of carbonyl (C=O) groups excluding carboxylic acids is 1. The zero-order chi connectivity index (χ0) is 17.3. The first-order chi connectivity index (χ1) is 11.3. The Hall–Kier alpha value is -2.41. The van der Waals surface area contributed by atoms with Gasteiger partial charge in [-0.05, 0) is 35.4 Å². The third-order valence-corrected chi connectivity index (χ3v) is 4.52. The summed E-state index contributed by atoms with van der Waals surface area (Å²) in [7, 11) is -3.36. The largest absolute Gasteiger partial charge is 0.480 e. The molecule has 3 rings (SSSR count). The Kier molecular flexibility index (Phi) is 4.28. The van der Waals surface area contributed by atoms with Crippen molar-refractivity contribution >= 4 is 21.4 Å². The standard InChI is InChI=1S/C17H16FNO4S/c1-24(21,22)10-12-8-13(18)6-7-14(12)19-17(20)16-9-11-4-2-3-5-15(11)23-16/h2-8,16H,9-10H2,1H3,(H,19,20)/t16-/m0/s1. The van der Waals surface area contributed by atoms with Crippen LogP contribution in [0.5, 0.6) is 5.75 Å². The van der Waals surface area contributed by atoms with Crippen LogP contribution in [0.3, 0.4) is 0 Å². The number of carbonyl (C=O) groups is 1. The summed E-state index contributed by atoms with van der Waals surface area (Å²) in [6.45, 7) is 0. The van der Waals surface area contributed by atoms with E-state index in [1.165, 1.54) is 12.1 Å². The maximum atomic E-state index is 13.4. The molecule has 0 radical (unpaired) electrons. The van der Waals surface area contributed by atoms with Crippen LogP contribution < -0.4 is 10.1 Å². The second-order valence-electron chi connectivity index (χ2n) is 5.78. The monoisotopic (exact) mass is 349 g/mol. The minimum Gasteiger partial charge on any atom is -0.480 e. The maximum absolute atomic E-state index is 13.4. The molecule has 1 N–H and O–H groups in total. The zero-order valence-electron chi connectivity index (χ0n) is 13.0. The number of rotatable bonds is 4. The first-order valence-electron chi connectivity index (χ1n) is 7.33. The lowest BCUT2D eigenvalue weighted by molar-refractivity contribution is -0.122. The normalized spacial score (nSPS) is 16.3. The Labute approximate surface area is 139 Å². The summed E-state index contributed by atoms with van der Waals surface area (Å²) in [6, 6.07) is 11.0. The van der Waals surface area contributed by atoms with Gasteiger partial charge in [0, 0.05) is 18.4 Å². The van der Waals surface area contributed by atoms with Gasteiger partial charge in [0.05, 0.1) is 5.75 Å².